The van der Waals surface area contributed by atoms with Crippen LogP contribution < -0.4 is 10.9 Å². The molecule has 0 amide bonds. The molecule has 0 radical (unpaired) electrons. The monoisotopic (exact) mass is 180 g/mol. The third-order valence-electron chi connectivity index (χ3n) is 1.27. The van der Waals surface area contributed by atoms with Gasteiger partial charge in [-0.05, 0) is 24.3 Å². The van der Waals surface area contributed by atoms with Crippen molar-refractivity contribution in [2.75, 3.05) is 12.0 Å². The first-order chi connectivity index (χ1) is 5.83. The molecule has 0 heterocycles. The Morgan fingerprint density at radius 2 is 2.00 bits per heavy atom. The maximum atomic E-state index is 5.69. The second-order valence-electron chi connectivity index (χ2n) is 2.19. The van der Waals surface area contributed by atoms with Crippen LogP contribution >= 0.6 is 11.6 Å². The summed E-state index contributed by atoms with van der Waals surface area (Å²) in [5, 5.41) is 0.720. The first-order valence-corrected chi connectivity index (χ1v) is 3.88. The van der Waals surface area contributed by atoms with E-state index in [2.05, 4.69) is 16.8 Å². The molecule has 2 nitrogen and oxygen atoms in total. The van der Waals surface area contributed by atoms with Crippen molar-refractivity contribution in [3.63, 3.8) is 0 Å². The molecule has 62 valence electrons. The van der Waals surface area contributed by atoms with Crippen molar-refractivity contribution < 1.29 is 0 Å². The number of terminal acetylenes is 1. The smallest absolute Gasteiger partial charge is 0.0756 e. The maximum absolute atomic E-state index is 5.69. The van der Waals surface area contributed by atoms with Crippen LogP contribution in [0.25, 0.3) is 0 Å². The second-order valence-corrected chi connectivity index (χ2v) is 2.63. The van der Waals surface area contributed by atoms with Crippen LogP contribution in [0.1, 0.15) is 0 Å². The van der Waals surface area contributed by atoms with Crippen LogP contribution in [-0.2, 0) is 0 Å². The number of hydrogen-bond donors (Lipinski definition) is 2. The van der Waals surface area contributed by atoms with Crippen molar-refractivity contribution in [3.8, 4) is 12.3 Å². The fourth-order valence-corrected chi connectivity index (χ4v) is 0.856. The molecule has 0 saturated heterocycles. The highest BCUT2D eigenvalue weighted by Crippen LogP contribution is 2.11. The Morgan fingerprint density at radius 1 is 1.33 bits per heavy atom. The van der Waals surface area contributed by atoms with Crippen LogP contribution in [0.5, 0.6) is 0 Å². The summed E-state index contributed by atoms with van der Waals surface area (Å²) in [6, 6.07) is 7.35. The summed E-state index contributed by atoms with van der Waals surface area (Å²) in [6.07, 6.45) is 5.04. The minimum Gasteiger partial charge on any atom is -0.321 e. The molecule has 2 N–H and O–H groups in total. The fourth-order valence-electron chi connectivity index (χ4n) is 0.731. The van der Waals surface area contributed by atoms with Gasteiger partial charge in [0.15, 0.2) is 0 Å². The molecule has 0 aliphatic carbocycles. The molecule has 1 rings (SSSR count). The predicted molar refractivity (Wildman–Crippen MR) is 51.9 cm³/mol. The van der Waals surface area contributed by atoms with Crippen LogP contribution in [0.2, 0.25) is 5.02 Å². The highest BCUT2D eigenvalue weighted by molar-refractivity contribution is 6.30. The SMILES string of the molecule is C#CCNNc1ccc(Cl)cc1. The standard InChI is InChI=1S/C9H9ClN2/c1-2-7-11-12-9-5-3-8(10)4-6-9/h1,3-6,11-12H,7H2. The van der Waals surface area contributed by atoms with E-state index < -0.39 is 0 Å². The van der Waals surface area contributed by atoms with Crippen molar-refractivity contribution in [2.45, 2.75) is 0 Å². The van der Waals surface area contributed by atoms with Gasteiger partial charge in [0, 0.05) is 10.7 Å². The summed E-state index contributed by atoms with van der Waals surface area (Å²) in [6.45, 7) is 0.489. The van der Waals surface area contributed by atoms with E-state index in [4.69, 9.17) is 18.0 Å². The molecule has 0 aromatic heterocycles. The molecular weight excluding hydrogens is 172 g/mol. The Balaban J connectivity index is 2.43. The van der Waals surface area contributed by atoms with Crippen molar-refractivity contribution in [1.82, 2.24) is 5.43 Å². The average Bonchev–Trinajstić information content (AvgIpc) is 2.09. The van der Waals surface area contributed by atoms with Crippen LogP contribution in [0, 0.1) is 12.3 Å². The van der Waals surface area contributed by atoms with Gasteiger partial charge in [0.2, 0.25) is 0 Å². The van der Waals surface area contributed by atoms with Gasteiger partial charge in [0.1, 0.15) is 0 Å². The lowest BCUT2D eigenvalue weighted by Crippen LogP contribution is -2.21. The lowest BCUT2D eigenvalue weighted by molar-refractivity contribution is 0.912. The Bertz CT molecular complexity index is 274. The lowest BCUT2D eigenvalue weighted by atomic mass is 10.3. The Hall–Kier alpha value is -1.17. The Kier molecular flexibility index (Phi) is 3.46. The van der Waals surface area contributed by atoms with Crippen molar-refractivity contribution in [3.05, 3.63) is 29.3 Å². The van der Waals surface area contributed by atoms with E-state index in [0.29, 0.717) is 6.54 Å². The molecule has 3 heteroatoms. The molecule has 0 saturated carbocycles. The molecule has 0 spiro atoms. The number of benzene rings is 1. The van der Waals surface area contributed by atoms with Gasteiger partial charge in [0.05, 0.1) is 6.54 Å². The van der Waals surface area contributed by atoms with Crippen molar-refractivity contribution in [1.29, 1.82) is 0 Å². The largest absolute Gasteiger partial charge is 0.321 e. The van der Waals surface area contributed by atoms with Gasteiger partial charge in [-0.25, -0.2) is 5.43 Å². The van der Waals surface area contributed by atoms with Crippen LogP contribution in [0.4, 0.5) is 5.69 Å². The number of hydrazine groups is 1. The van der Waals surface area contributed by atoms with E-state index in [9.17, 15) is 0 Å². The molecular formula is C9H9ClN2. The Labute approximate surface area is 76.9 Å². The van der Waals surface area contributed by atoms with E-state index in [-0.39, 0.29) is 0 Å². The third kappa shape index (κ3) is 2.83. The van der Waals surface area contributed by atoms with Gasteiger partial charge in [-0.15, -0.1) is 6.42 Å². The van der Waals surface area contributed by atoms with Gasteiger partial charge in [0.25, 0.3) is 0 Å². The number of rotatable bonds is 3. The topological polar surface area (TPSA) is 24.1 Å². The minimum atomic E-state index is 0.489. The predicted octanol–water partition coefficient (Wildman–Crippen LogP) is 1.89. The number of nitrogens with one attached hydrogen (secondary N) is 2. The zero-order chi connectivity index (χ0) is 8.81. The summed E-state index contributed by atoms with van der Waals surface area (Å²) in [5.74, 6) is 2.45. The summed E-state index contributed by atoms with van der Waals surface area (Å²) >= 11 is 5.69. The van der Waals surface area contributed by atoms with Crippen molar-refractivity contribution in [2.24, 2.45) is 0 Å². The third-order valence-corrected chi connectivity index (χ3v) is 1.52. The summed E-state index contributed by atoms with van der Waals surface area (Å²) in [7, 11) is 0. The lowest BCUT2D eigenvalue weighted by Gasteiger charge is -2.04. The average molecular weight is 181 g/mol. The molecule has 0 unspecified atom stereocenters. The number of anilines is 1. The van der Waals surface area contributed by atoms with E-state index in [1.165, 1.54) is 0 Å². The van der Waals surface area contributed by atoms with Gasteiger partial charge >= 0.3 is 0 Å². The first-order valence-electron chi connectivity index (χ1n) is 3.51. The highest BCUT2D eigenvalue weighted by Gasteiger charge is 1.88. The van der Waals surface area contributed by atoms with Crippen LogP contribution in [0.3, 0.4) is 0 Å². The van der Waals surface area contributed by atoms with Crippen molar-refractivity contribution >= 4 is 17.3 Å². The number of halogens is 1. The molecule has 0 aliphatic heterocycles. The molecule has 12 heavy (non-hydrogen) atoms. The zero-order valence-electron chi connectivity index (χ0n) is 6.47. The van der Waals surface area contributed by atoms with Crippen LogP contribution in [0.15, 0.2) is 24.3 Å². The minimum absolute atomic E-state index is 0.489. The molecule has 1 aromatic rings. The van der Waals surface area contributed by atoms with E-state index >= 15 is 0 Å². The van der Waals surface area contributed by atoms with E-state index in [1.54, 1.807) is 12.1 Å². The molecule has 1 aromatic carbocycles. The molecule has 0 atom stereocenters. The summed E-state index contributed by atoms with van der Waals surface area (Å²) in [5.41, 5.74) is 6.70. The Morgan fingerprint density at radius 3 is 2.58 bits per heavy atom. The van der Waals surface area contributed by atoms with Crippen LogP contribution in [-0.4, -0.2) is 6.54 Å². The highest BCUT2D eigenvalue weighted by atomic mass is 35.5. The summed E-state index contributed by atoms with van der Waals surface area (Å²) < 4.78 is 0. The normalized spacial score (nSPS) is 9.00. The summed E-state index contributed by atoms with van der Waals surface area (Å²) in [4.78, 5) is 0. The van der Waals surface area contributed by atoms with Gasteiger partial charge < -0.3 is 5.43 Å². The van der Waals surface area contributed by atoms with Gasteiger partial charge in [-0.2, -0.15) is 0 Å². The second kappa shape index (κ2) is 4.66. The quantitative estimate of drug-likeness (QED) is 0.422. The maximum Gasteiger partial charge on any atom is 0.0756 e. The van der Waals surface area contributed by atoms with Gasteiger partial charge in [-0.1, -0.05) is 17.5 Å². The first kappa shape index (κ1) is 8.92. The van der Waals surface area contributed by atoms with Gasteiger partial charge in [-0.3, -0.25) is 0 Å². The van der Waals surface area contributed by atoms with E-state index in [0.717, 1.165) is 10.7 Å². The molecule has 0 bridgehead atoms. The number of hydrogen-bond acceptors (Lipinski definition) is 2. The molecule has 0 aliphatic rings. The van der Waals surface area contributed by atoms with E-state index in [1.807, 2.05) is 12.1 Å². The zero-order valence-corrected chi connectivity index (χ0v) is 7.23. The molecule has 0 fully saturated rings. The fraction of sp³-hybridized carbons (Fsp3) is 0.111.